The van der Waals surface area contributed by atoms with Gasteiger partial charge in [-0.25, -0.2) is 0 Å². The van der Waals surface area contributed by atoms with Gasteiger partial charge in [-0.05, 0) is 41.3 Å². The maximum Gasteiger partial charge on any atom is 0.0597 e. The molecule has 0 spiro atoms. The molecule has 1 N–H and O–H groups in total. The number of hydrogen-bond acceptors (Lipinski definition) is 3. The Kier molecular flexibility index (Phi) is 7.22. The summed E-state index contributed by atoms with van der Waals surface area (Å²) in [4.78, 5) is 6.84. The topological polar surface area (TPSA) is 39.5 Å². The van der Waals surface area contributed by atoms with Crippen molar-refractivity contribution in [2.75, 3.05) is 20.6 Å². The van der Waals surface area contributed by atoms with Crippen LogP contribution < -0.4 is 0 Å². The van der Waals surface area contributed by atoms with Crippen molar-refractivity contribution in [1.82, 2.24) is 4.90 Å². The lowest BCUT2D eigenvalue weighted by atomic mass is 9.94. The maximum atomic E-state index is 7.78. The summed E-state index contributed by atoms with van der Waals surface area (Å²) in [6.07, 6.45) is 2.15. The van der Waals surface area contributed by atoms with Crippen molar-refractivity contribution in [3.63, 3.8) is 0 Å². The van der Waals surface area contributed by atoms with E-state index in [9.17, 15) is 0 Å². The largest absolute Gasteiger partial charge is 0.309 e. The Morgan fingerprint density at radius 1 is 1.31 bits per heavy atom. The summed E-state index contributed by atoms with van der Waals surface area (Å²) >= 11 is 0. The molecule has 0 saturated carbocycles. The first-order valence-corrected chi connectivity index (χ1v) is 6.12. The zero-order chi connectivity index (χ0) is 12.7. The first kappa shape index (κ1) is 15.3. The van der Waals surface area contributed by atoms with Gasteiger partial charge in [-0.1, -0.05) is 13.3 Å². The molecule has 0 heterocycles. The summed E-state index contributed by atoms with van der Waals surface area (Å²) in [6.45, 7) is 9.20. The fourth-order valence-corrected chi connectivity index (χ4v) is 2.03. The number of rotatable bonds is 7. The Balaban J connectivity index is 4.52. The molecule has 0 aromatic heterocycles. The van der Waals surface area contributed by atoms with Crippen LogP contribution in [0.15, 0.2) is 4.99 Å². The number of nitrogens with one attached hydrogen (secondary N) is 1. The average Bonchev–Trinajstić information content (AvgIpc) is 2.11. The zero-order valence-corrected chi connectivity index (χ0v) is 11.7. The van der Waals surface area contributed by atoms with E-state index in [-0.39, 0.29) is 5.92 Å². The lowest BCUT2D eigenvalue weighted by molar-refractivity contribution is 0.383. The number of aliphatic imine (C=N–C) groups is 1. The van der Waals surface area contributed by atoms with Crippen LogP contribution >= 0.6 is 0 Å². The van der Waals surface area contributed by atoms with Crippen LogP contribution in [0.25, 0.3) is 0 Å². The molecule has 0 amide bonds. The van der Waals surface area contributed by atoms with Crippen LogP contribution in [0.2, 0.25) is 0 Å². The van der Waals surface area contributed by atoms with Gasteiger partial charge in [0.2, 0.25) is 0 Å². The minimum absolute atomic E-state index is 0.245. The smallest absolute Gasteiger partial charge is 0.0597 e. The van der Waals surface area contributed by atoms with E-state index < -0.39 is 0 Å². The highest BCUT2D eigenvalue weighted by Gasteiger charge is 2.14. The Bertz CT molecular complexity index is 244. The quantitative estimate of drug-likeness (QED) is 0.665. The molecule has 0 aliphatic carbocycles. The molecule has 0 rings (SSSR count). The summed E-state index contributed by atoms with van der Waals surface area (Å²) in [5, 5.41) is 7.78. The van der Waals surface area contributed by atoms with Crippen LogP contribution in [0.5, 0.6) is 0 Å². The molecule has 2 atom stereocenters. The summed E-state index contributed by atoms with van der Waals surface area (Å²) < 4.78 is 0. The third kappa shape index (κ3) is 6.01. The molecule has 0 bridgehead atoms. The van der Waals surface area contributed by atoms with Crippen LogP contribution in [0.4, 0.5) is 0 Å². The van der Waals surface area contributed by atoms with Crippen molar-refractivity contribution in [3.05, 3.63) is 0 Å². The van der Waals surface area contributed by atoms with Gasteiger partial charge < -0.3 is 10.3 Å². The maximum absolute atomic E-state index is 7.78. The molecule has 0 aliphatic heterocycles. The Labute approximate surface area is 100 Å². The number of hydrogen-bond donors (Lipinski definition) is 1. The van der Waals surface area contributed by atoms with E-state index in [0.29, 0.717) is 6.04 Å². The third-order valence-corrected chi connectivity index (χ3v) is 2.66. The molecule has 2 unspecified atom stereocenters. The molecule has 16 heavy (non-hydrogen) atoms. The van der Waals surface area contributed by atoms with Gasteiger partial charge in [0.05, 0.1) is 6.04 Å². The summed E-state index contributed by atoms with van der Waals surface area (Å²) in [5.74, 6) is 0.245. The highest BCUT2D eigenvalue weighted by atomic mass is 15.1. The van der Waals surface area contributed by atoms with Crippen LogP contribution in [-0.2, 0) is 0 Å². The van der Waals surface area contributed by atoms with Crippen LogP contribution in [0, 0.1) is 11.3 Å². The van der Waals surface area contributed by atoms with E-state index in [0.717, 1.165) is 30.8 Å². The van der Waals surface area contributed by atoms with E-state index in [1.54, 1.807) is 0 Å². The van der Waals surface area contributed by atoms with Gasteiger partial charge in [-0.15, -0.1) is 0 Å². The van der Waals surface area contributed by atoms with Crippen LogP contribution in [0.3, 0.4) is 0 Å². The van der Waals surface area contributed by atoms with E-state index in [1.165, 1.54) is 0 Å². The van der Waals surface area contributed by atoms with Crippen molar-refractivity contribution >= 4 is 11.4 Å². The predicted octanol–water partition coefficient (Wildman–Crippen LogP) is 2.85. The van der Waals surface area contributed by atoms with Gasteiger partial charge in [-0.2, -0.15) is 0 Å². The van der Waals surface area contributed by atoms with Gasteiger partial charge >= 0.3 is 0 Å². The third-order valence-electron chi connectivity index (χ3n) is 2.66. The standard InChI is InChI=1S/C13H27N3/c1-7-8-13(11(3)14)12(4)15-10(2)9-16(5)6/h10,13-14H,7-9H2,1-6H3. The lowest BCUT2D eigenvalue weighted by Crippen LogP contribution is -2.26. The molecule has 0 aromatic rings. The second-order valence-electron chi connectivity index (χ2n) is 4.91. The van der Waals surface area contributed by atoms with E-state index >= 15 is 0 Å². The number of nitrogens with zero attached hydrogens (tertiary/aromatic N) is 2. The summed E-state index contributed by atoms with van der Waals surface area (Å²) in [5.41, 5.74) is 1.85. The molecular formula is C13H27N3. The van der Waals surface area contributed by atoms with Crippen molar-refractivity contribution in [1.29, 1.82) is 5.41 Å². The average molecular weight is 225 g/mol. The van der Waals surface area contributed by atoms with Crippen molar-refractivity contribution in [3.8, 4) is 0 Å². The van der Waals surface area contributed by atoms with Crippen molar-refractivity contribution < 1.29 is 0 Å². The number of likely N-dealkylation sites (N-methyl/N-ethyl adjacent to an activating group) is 1. The van der Waals surface area contributed by atoms with Crippen LogP contribution in [-0.4, -0.2) is 43.0 Å². The van der Waals surface area contributed by atoms with Gasteiger partial charge in [0.1, 0.15) is 0 Å². The van der Waals surface area contributed by atoms with Crippen molar-refractivity contribution in [2.24, 2.45) is 10.9 Å². The SMILES string of the molecule is CCCC(C(C)=N)C(C)=NC(C)CN(C)C. The molecule has 3 nitrogen and oxygen atoms in total. The Morgan fingerprint density at radius 2 is 1.88 bits per heavy atom. The minimum Gasteiger partial charge on any atom is -0.309 e. The van der Waals surface area contributed by atoms with Gasteiger partial charge in [0.25, 0.3) is 0 Å². The monoisotopic (exact) mass is 225 g/mol. The highest BCUT2D eigenvalue weighted by molar-refractivity contribution is 6.04. The van der Waals surface area contributed by atoms with Gasteiger partial charge in [0.15, 0.2) is 0 Å². The van der Waals surface area contributed by atoms with E-state index in [4.69, 9.17) is 10.4 Å². The van der Waals surface area contributed by atoms with E-state index in [1.807, 2.05) is 6.92 Å². The van der Waals surface area contributed by atoms with Crippen LogP contribution in [0.1, 0.15) is 40.5 Å². The lowest BCUT2D eigenvalue weighted by Gasteiger charge is -2.18. The van der Waals surface area contributed by atoms with E-state index in [2.05, 4.69) is 39.8 Å². The van der Waals surface area contributed by atoms with Gasteiger partial charge in [-0.3, -0.25) is 4.99 Å². The molecule has 0 fully saturated rings. The summed E-state index contributed by atoms with van der Waals surface area (Å²) in [7, 11) is 4.12. The Hall–Kier alpha value is -0.700. The zero-order valence-electron chi connectivity index (χ0n) is 11.7. The summed E-state index contributed by atoms with van der Waals surface area (Å²) in [6, 6.07) is 0.314. The normalized spacial score (nSPS) is 16.3. The first-order valence-electron chi connectivity index (χ1n) is 6.12. The molecule has 0 radical (unpaired) electrons. The molecule has 94 valence electrons. The fraction of sp³-hybridized carbons (Fsp3) is 0.846. The van der Waals surface area contributed by atoms with Gasteiger partial charge in [0, 0.05) is 23.9 Å². The highest BCUT2D eigenvalue weighted by Crippen LogP contribution is 2.11. The minimum atomic E-state index is 0.245. The second-order valence-corrected chi connectivity index (χ2v) is 4.91. The predicted molar refractivity (Wildman–Crippen MR) is 72.9 cm³/mol. The Morgan fingerprint density at radius 3 is 2.25 bits per heavy atom. The molecule has 0 aliphatic rings. The molecule has 3 heteroatoms. The first-order chi connectivity index (χ1) is 7.38. The molecular weight excluding hydrogens is 198 g/mol. The molecule has 0 aromatic carbocycles. The molecule has 0 saturated heterocycles. The second kappa shape index (κ2) is 7.55. The van der Waals surface area contributed by atoms with Crippen molar-refractivity contribution in [2.45, 2.75) is 46.6 Å². The fourth-order valence-electron chi connectivity index (χ4n) is 2.03.